The molecule has 0 saturated carbocycles. The fourth-order valence-corrected chi connectivity index (χ4v) is 3.61. The van der Waals surface area contributed by atoms with E-state index in [9.17, 15) is 0 Å². The molecule has 25 heavy (non-hydrogen) atoms. The SMILES string of the molecule is Cc1ccc2c(-n3nc4ccc(C)c(C)c4n3)c(C)c(C)c(C)c2c1. The average Bonchev–Trinajstić information content (AvgIpc) is 3.02. The molecular weight excluding hydrogens is 306 g/mol. The molecule has 0 radical (unpaired) electrons. The number of benzene rings is 3. The first kappa shape index (κ1) is 15.8. The molecule has 3 nitrogen and oxygen atoms in total. The van der Waals surface area contributed by atoms with Crippen LogP contribution in [0.15, 0.2) is 30.3 Å². The molecule has 1 aromatic heterocycles. The quantitative estimate of drug-likeness (QED) is 0.466. The molecule has 0 aliphatic heterocycles. The number of nitrogens with zero attached hydrogens (tertiary/aromatic N) is 3. The molecule has 0 aliphatic carbocycles. The molecule has 0 fully saturated rings. The van der Waals surface area contributed by atoms with Crippen LogP contribution in [0.25, 0.3) is 27.5 Å². The zero-order chi connectivity index (χ0) is 17.9. The molecule has 4 rings (SSSR count). The van der Waals surface area contributed by atoms with Crippen molar-refractivity contribution in [2.24, 2.45) is 0 Å². The minimum Gasteiger partial charge on any atom is -0.149 e. The molecule has 0 unspecified atom stereocenters. The van der Waals surface area contributed by atoms with Crippen LogP contribution in [0.5, 0.6) is 0 Å². The third kappa shape index (κ3) is 2.26. The number of hydrogen-bond donors (Lipinski definition) is 0. The first-order valence-corrected chi connectivity index (χ1v) is 8.72. The van der Waals surface area contributed by atoms with Gasteiger partial charge in [-0.25, -0.2) is 0 Å². The molecular formula is C22H23N3. The van der Waals surface area contributed by atoms with Gasteiger partial charge in [-0.2, -0.15) is 0 Å². The van der Waals surface area contributed by atoms with Gasteiger partial charge >= 0.3 is 0 Å². The summed E-state index contributed by atoms with van der Waals surface area (Å²) in [7, 11) is 0. The van der Waals surface area contributed by atoms with Crippen molar-refractivity contribution >= 4 is 21.8 Å². The minimum absolute atomic E-state index is 0.945. The second-order valence-electron chi connectivity index (χ2n) is 7.14. The molecule has 3 aromatic carbocycles. The molecule has 3 heteroatoms. The van der Waals surface area contributed by atoms with Crippen molar-refractivity contribution in [2.45, 2.75) is 41.5 Å². The standard InChI is InChI=1S/C22H23N3/c1-12-7-9-18-19(11-12)16(5)15(4)17(6)22(18)25-23-20-10-8-13(2)14(3)21(20)24-25/h7-11H,1-6H3. The van der Waals surface area contributed by atoms with E-state index in [0.29, 0.717) is 0 Å². The van der Waals surface area contributed by atoms with Crippen molar-refractivity contribution in [1.29, 1.82) is 0 Å². The van der Waals surface area contributed by atoms with Crippen molar-refractivity contribution in [2.75, 3.05) is 0 Å². The molecule has 0 saturated heterocycles. The van der Waals surface area contributed by atoms with Crippen molar-refractivity contribution in [3.63, 3.8) is 0 Å². The van der Waals surface area contributed by atoms with Gasteiger partial charge in [-0.05, 0) is 80.8 Å². The van der Waals surface area contributed by atoms with Crippen molar-refractivity contribution < 1.29 is 0 Å². The Morgan fingerprint density at radius 3 is 2.20 bits per heavy atom. The lowest BCUT2D eigenvalue weighted by Crippen LogP contribution is -2.05. The summed E-state index contributed by atoms with van der Waals surface area (Å²) >= 11 is 0. The van der Waals surface area contributed by atoms with Crippen LogP contribution in [0.3, 0.4) is 0 Å². The van der Waals surface area contributed by atoms with Crippen LogP contribution in [0.4, 0.5) is 0 Å². The lowest BCUT2D eigenvalue weighted by atomic mass is 9.93. The summed E-state index contributed by atoms with van der Waals surface area (Å²) in [5.74, 6) is 0. The van der Waals surface area contributed by atoms with Gasteiger partial charge < -0.3 is 0 Å². The van der Waals surface area contributed by atoms with Gasteiger partial charge in [0.15, 0.2) is 0 Å². The van der Waals surface area contributed by atoms with Crippen molar-refractivity contribution in [1.82, 2.24) is 15.0 Å². The minimum atomic E-state index is 0.945. The van der Waals surface area contributed by atoms with E-state index in [4.69, 9.17) is 10.2 Å². The van der Waals surface area contributed by atoms with E-state index >= 15 is 0 Å². The zero-order valence-electron chi connectivity index (χ0n) is 15.7. The van der Waals surface area contributed by atoms with Crippen molar-refractivity contribution in [3.8, 4) is 5.69 Å². The Balaban J connectivity index is 2.12. The number of hydrogen-bond acceptors (Lipinski definition) is 2. The van der Waals surface area contributed by atoms with Gasteiger partial charge in [-0.3, -0.25) is 0 Å². The largest absolute Gasteiger partial charge is 0.149 e. The van der Waals surface area contributed by atoms with Gasteiger partial charge in [0, 0.05) is 5.39 Å². The summed E-state index contributed by atoms with van der Waals surface area (Å²) in [6.07, 6.45) is 0. The highest BCUT2D eigenvalue weighted by Crippen LogP contribution is 2.33. The molecule has 126 valence electrons. The lowest BCUT2D eigenvalue weighted by molar-refractivity contribution is 0.764. The van der Waals surface area contributed by atoms with Gasteiger partial charge in [0.05, 0.1) is 5.69 Å². The predicted molar refractivity (Wildman–Crippen MR) is 105 cm³/mol. The molecule has 0 atom stereocenters. The Labute approximate surface area is 148 Å². The second-order valence-corrected chi connectivity index (χ2v) is 7.14. The monoisotopic (exact) mass is 329 g/mol. The predicted octanol–water partition coefficient (Wildman–Crippen LogP) is 5.42. The second kappa shape index (κ2) is 5.41. The average molecular weight is 329 g/mol. The highest BCUT2D eigenvalue weighted by Gasteiger charge is 2.17. The van der Waals surface area contributed by atoms with E-state index in [1.165, 1.54) is 44.2 Å². The van der Waals surface area contributed by atoms with Crippen molar-refractivity contribution in [3.05, 3.63) is 63.7 Å². The maximum absolute atomic E-state index is 4.85. The van der Waals surface area contributed by atoms with Gasteiger partial charge in [0.2, 0.25) is 0 Å². The zero-order valence-corrected chi connectivity index (χ0v) is 15.7. The van der Waals surface area contributed by atoms with Gasteiger partial charge in [0.1, 0.15) is 11.0 Å². The first-order valence-electron chi connectivity index (χ1n) is 8.72. The molecule has 0 bridgehead atoms. The normalized spacial score (nSPS) is 11.6. The fraction of sp³-hybridized carbons (Fsp3) is 0.273. The number of aromatic nitrogens is 3. The summed E-state index contributed by atoms with van der Waals surface area (Å²) in [6, 6.07) is 10.8. The molecule has 0 N–H and O–H groups in total. The Kier molecular flexibility index (Phi) is 3.43. The van der Waals surface area contributed by atoms with Crippen LogP contribution < -0.4 is 0 Å². The third-order valence-electron chi connectivity index (χ3n) is 5.59. The third-order valence-corrected chi connectivity index (χ3v) is 5.59. The van der Waals surface area contributed by atoms with E-state index in [1.807, 2.05) is 4.80 Å². The Morgan fingerprint density at radius 1 is 0.680 bits per heavy atom. The van der Waals surface area contributed by atoms with E-state index in [2.05, 4.69) is 71.9 Å². The number of rotatable bonds is 1. The summed E-state index contributed by atoms with van der Waals surface area (Å²) in [6.45, 7) is 12.9. The van der Waals surface area contributed by atoms with Gasteiger partial charge in [-0.15, -0.1) is 15.0 Å². The van der Waals surface area contributed by atoms with Gasteiger partial charge in [-0.1, -0.05) is 29.8 Å². The number of aryl methyl sites for hydroxylation is 4. The summed E-state index contributed by atoms with van der Waals surface area (Å²) in [5, 5.41) is 12.1. The lowest BCUT2D eigenvalue weighted by Gasteiger charge is -2.16. The van der Waals surface area contributed by atoms with E-state index in [1.54, 1.807) is 0 Å². The molecule has 0 aliphatic rings. The summed E-state index contributed by atoms with van der Waals surface area (Å²) in [4.78, 5) is 1.83. The van der Waals surface area contributed by atoms with Crippen LogP contribution >= 0.6 is 0 Å². The van der Waals surface area contributed by atoms with Crippen LogP contribution in [-0.4, -0.2) is 15.0 Å². The maximum Gasteiger partial charge on any atom is 0.116 e. The highest BCUT2D eigenvalue weighted by molar-refractivity contribution is 5.95. The Morgan fingerprint density at radius 2 is 1.44 bits per heavy atom. The molecule has 0 amide bonds. The van der Waals surface area contributed by atoms with E-state index < -0.39 is 0 Å². The topological polar surface area (TPSA) is 30.7 Å². The van der Waals surface area contributed by atoms with Crippen LogP contribution in [-0.2, 0) is 0 Å². The van der Waals surface area contributed by atoms with Crippen LogP contribution in [0.2, 0.25) is 0 Å². The summed E-state index contributed by atoms with van der Waals surface area (Å²) < 4.78 is 0. The number of fused-ring (bicyclic) bond motifs is 2. The van der Waals surface area contributed by atoms with Crippen LogP contribution in [0.1, 0.15) is 33.4 Å². The summed E-state index contributed by atoms with van der Waals surface area (Å²) in [5.41, 5.74) is 10.6. The molecule has 1 heterocycles. The van der Waals surface area contributed by atoms with E-state index in [0.717, 1.165) is 16.7 Å². The molecule has 0 spiro atoms. The molecule has 4 aromatic rings. The Hall–Kier alpha value is -2.68. The van der Waals surface area contributed by atoms with Crippen LogP contribution in [0, 0.1) is 41.5 Å². The van der Waals surface area contributed by atoms with E-state index in [-0.39, 0.29) is 0 Å². The van der Waals surface area contributed by atoms with Gasteiger partial charge in [0.25, 0.3) is 0 Å². The highest BCUT2D eigenvalue weighted by atomic mass is 15.5. The maximum atomic E-state index is 4.85. The fourth-order valence-electron chi connectivity index (χ4n) is 3.61. The first-order chi connectivity index (χ1) is 11.9. The Bertz CT molecular complexity index is 1150. The smallest absolute Gasteiger partial charge is 0.116 e.